The molecule has 0 spiro atoms. The highest BCUT2D eigenvalue weighted by atomic mass is 32.2. The SMILES string of the molecule is Cc1ccccc1-n1c(SCC(=O)N2CCOCC2)nnc1-c1ccncc1. The number of aryl methyl sites for hydroxylation is 1. The Bertz CT molecular complexity index is 954. The van der Waals surface area contributed by atoms with E-state index in [-0.39, 0.29) is 5.91 Å². The Morgan fingerprint density at radius 1 is 1.11 bits per heavy atom. The van der Waals surface area contributed by atoms with Crippen molar-refractivity contribution >= 4 is 17.7 Å². The van der Waals surface area contributed by atoms with Gasteiger partial charge >= 0.3 is 0 Å². The van der Waals surface area contributed by atoms with Crippen molar-refractivity contribution in [1.29, 1.82) is 0 Å². The number of ether oxygens (including phenoxy) is 1. The van der Waals surface area contributed by atoms with Gasteiger partial charge in [0.2, 0.25) is 5.91 Å². The predicted molar refractivity (Wildman–Crippen MR) is 107 cm³/mol. The van der Waals surface area contributed by atoms with Gasteiger partial charge in [0.1, 0.15) is 0 Å². The minimum absolute atomic E-state index is 0.0955. The molecular weight excluding hydrogens is 374 g/mol. The summed E-state index contributed by atoms with van der Waals surface area (Å²) >= 11 is 1.41. The second-order valence-electron chi connectivity index (χ2n) is 6.45. The third-order valence-electron chi connectivity index (χ3n) is 4.62. The topological polar surface area (TPSA) is 73.1 Å². The first-order chi connectivity index (χ1) is 13.7. The summed E-state index contributed by atoms with van der Waals surface area (Å²) in [6.07, 6.45) is 3.47. The molecule has 0 atom stereocenters. The molecule has 1 aliphatic rings. The predicted octanol–water partition coefficient (Wildman–Crippen LogP) is 2.59. The molecular formula is C20H21N5O2S. The highest BCUT2D eigenvalue weighted by Gasteiger charge is 2.21. The molecule has 3 heterocycles. The van der Waals surface area contributed by atoms with E-state index < -0.39 is 0 Å². The van der Waals surface area contributed by atoms with Gasteiger partial charge in [0.25, 0.3) is 0 Å². The first-order valence-electron chi connectivity index (χ1n) is 9.14. The fourth-order valence-electron chi connectivity index (χ4n) is 3.11. The minimum atomic E-state index is 0.0955. The van der Waals surface area contributed by atoms with Crippen LogP contribution in [0.2, 0.25) is 0 Å². The number of carbonyl (C=O) groups is 1. The number of hydrogen-bond acceptors (Lipinski definition) is 6. The smallest absolute Gasteiger partial charge is 0.233 e. The average Bonchev–Trinajstić information content (AvgIpc) is 3.17. The zero-order valence-electron chi connectivity index (χ0n) is 15.6. The quantitative estimate of drug-likeness (QED) is 0.619. The first kappa shape index (κ1) is 18.6. The van der Waals surface area contributed by atoms with Gasteiger partial charge in [-0.2, -0.15) is 0 Å². The van der Waals surface area contributed by atoms with Gasteiger partial charge in [0.05, 0.1) is 24.7 Å². The molecule has 0 bridgehead atoms. The van der Waals surface area contributed by atoms with Crippen LogP contribution in [0.4, 0.5) is 0 Å². The summed E-state index contributed by atoms with van der Waals surface area (Å²) in [5.41, 5.74) is 3.04. The van der Waals surface area contributed by atoms with E-state index in [0.29, 0.717) is 37.2 Å². The first-order valence-corrected chi connectivity index (χ1v) is 10.1. The normalized spacial score (nSPS) is 14.2. The summed E-state index contributed by atoms with van der Waals surface area (Å²) < 4.78 is 7.34. The van der Waals surface area contributed by atoms with Crippen molar-refractivity contribution in [3.05, 3.63) is 54.4 Å². The van der Waals surface area contributed by atoms with Crippen LogP contribution >= 0.6 is 11.8 Å². The molecule has 28 heavy (non-hydrogen) atoms. The number of amides is 1. The fourth-order valence-corrected chi connectivity index (χ4v) is 3.96. The molecule has 1 aromatic carbocycles. The highest BCUT2D eigenvalue weighted by molar-refractivity contribution is 7.99. The molecule has 0 unspecified atom stereocenters. The van der Waals surface area contributed by atoms with Crippen LogP contribution in [0, 0.1) is 6.92 Å². The lowest BCUT2D eigenvalue weighted by Gasteiger charge is -2.26. The molecule has 0 saturated carbocycles. The third-order valence-corrected chi connectivity index (χ3v) is 5.53. The molecule has 1 amide bonds. The number of rotatable bonds is 5. The van der Waals surface area contributed by atoms with Crippen molar-refractivity contribution in [3.8, 4) is 17.1 Å². The Labute approximate surface area is 167 Å². The van der Waals surface area contributed by atoms with Crippen LogP contribution in [0.1, 0.15) is 5.56 Å². The average molecular weight is 395 g/mol. The zero-order chi connectivity index (χ0) is 19.3. The molecule has 8 heteroatoms. The summed E-state index contributed by atoms with van der Waals surface area (Å²) in [6, 6.07) is 11.9. The van der Waals surface area contributed by atoms with Gasteiger partial charge in [-0.05, 0) is 30.7 Å². The lowest BCUT2D eigenvalue weighted by atomic mass is 10.2. The number of benzene rings is 1. The maximum absolute atomic E-state index is 12.5. The Balaban J connectivity index is 1.65. The Hall–Kier alpha value is -2.71. The molecule has 144 valence electrons. The van der Waals surface area contributed by atoms with E-state index in [1.54, 1.807) is 12.4 Å². The van der Waals surface area contributed by atoms with E-state index in [9.17, 15) is 4.79 Å². The van der Waals surface area contributed by atoms with Gasteiger partial charge < -0.3 is 9.64 Å². The van der Waals surface area contributed by atoms with Crippen LogP contribution in [0.5, 0.6) is 0 Å². The van der Waals surface area contributed by atoms with Crippen molar-refractivity contribution in [2.24, 2.45) is 0 Å². The van der Waals surface area contributed by atoms with Gasteiger partial charge in [0.15, 0.2) is 11.0 Å². The minimum Gasteiger partial charge on any atom is -0.378 e. The number of pyridine rings is 1. The maximum atomic E-state index is 12.5. The summed E-state index contributed by atoms with van der Waals surface area (Å²) in [4.78, 5) is 18.5. The lowest BCUT2D eigenvalue weighted by molar-refractivity contribution is -0.132. The zero-order valence-corrected chi connectivity index (χ0v) is 16.4. The van der Waals surface area contributed by atoms with Crippen molar-refractivity contribution in [1.82, 2.24) is 24.6 Å². The maximum Gasteiger partial charge on any atom is 0.233 e. The largest absolute Gasteiger partial charge is 0.378 e. The number of para-hydroxylation sites is 1. The summed E-state index contributed by atoms with van der Waals surface area (Å²) in [5.74, 6) is 1.15. The van der Waals surface area contributed by atoms with Crippen molar-refractivity contribution in [2.45, 2.75) is 12.1 Å². The van der Waals surface area contributed by atoms with Gasteiger partial charge in [0, 0.05) is 31.0 Å². The summed E-state index contributed by atoms with van der Waals surface area (Å²) in [5, 5.41) is 9.50. The Morgan fingerprint density at radius 3 is 2.61 bits per heavy atom. The number of hydrogen-bond donors (Lipinski definition) is 0. The molecule has 0 aliphatic carbocycles. The van der Waals surface area contributed by atoms with Crippen molar-refractivity contribution < 1.29 is 9.53 Å². The van der Waals surface area contributed by atoms with E-state index in [2.05, 4.69) is 28.2 Å². The molecule has 2 aromatic heterocycles. The van der Waals surface area contributed by atoms with Crippen LogP contribution in [0.3, 0.4) is 0 Å². The van der Waals surface area contributed by atoms with Crippen LogP contribution < -0.4 is 0 Å². The highest BCUT2D eigenvalue weighted by Crippen LogP contribution is 2.29. The van der Waals surface area contributed by atoms with Gasteiger partial charge in [-0.25, -0.2) is 0 Å². The molecule has 0 radical (unpaired) electrons. The number of morpholine rings is 1. The molecule has 4 rings (SSSR count). The molecule has 7 nitrogen and oxygen atoms in total. The van der Waals surface area contributed by atoms with Gasteiger partial charge in [-0.3, -0.25) is 14.3 Å². The monoisotopic (exact) mass is 395 g/mol. The molecule has 0 N–H and O–H groups in total. The van der Waals surface area contributed by atoms with E-state index in [1.165, 1.54) is 11.8 Å². The number of thioether (sulfide) groups is 1. The number of carbonyl (C=O) groups excluding carboxylic acids is 1. The Morgan fingerprint density at radius 2 is 1.86 bits per heavy atom. The van der Waals surface area contributed by atoms with E-state index >= 15 is 0 Å². The summed E-state index contributed by atoms with van der Waals surface area (Å²) in [6.45, 7) is 4.54. The molecule has 1 fully saturated rings. The van der Waals surface area contributed by atoms with Crippen molar-refractivity contribution in [2.75, 3.05) is 32.1 Å². The fraction of sp³-hybridized carbons (Fsp3) is 0.300. The van der Waals surface area contributed by atoms with Crippen LogP contribution in [0.15, 0.2) is 53.9 Å². The molecule has 3 aromatic rings. The summed E-state index contributed by atoms with van der Waals surface area (Å²) in [7, 11) is 0. The Kier molecular flexibility index (Phi) is 5.68. The van der Waals surface area contributed by atoms with Crippen molar-refractivity contribution in [3.63, 3.8) is 0 Å². The van der Waals surface area contributed by atoms with Gasteiger partial charge in [-0.15, -0.1) is 10.2 Å². The van der Waals surface area contributed by atoms with E-state index in [1.807, 2.05) is 39.8 Å². The second-order valence-corrected chi connectivity index (χ2v) is 7.39. The van der Waals surface area contributed by atoms with E-state index in [0.717, 1.165) is 22.6 Å². The van der Waals surface area contributed by atoms with Crippen LogP contribution in [-0.4, -0.2) is 62.6 Å². The van der Waals surface area contributed by atoms with Crippen LogP contribution in [-0.2, 0) is 9.53 Å². The molecule has 1 aliphatic heterocycles. The second kappa shape index (κ2) is 8.53. The third kappa shape index (κ3) is 3.93. The standard InChI is InChI=1S/C20H21N5O2S/c1-15-4-2-3-5-17(15)25-19(16-6-8-21-9-7-16)22-23-20(25)28-14-18(26)24-10-12-27-13-11-24/h2-9H,10-14H2,1H3. The lowest BCUT2D eigenvalue weighted by Crippen LogP contribution is -2.41. The van der Waals surface area contributed by atoms with Crippen LogP contribution in [0.25, 0.3) is 17.1 Å². The van der Waals surface area contributed by atoms with E-state index in [4.69, 9.17) is 4.74 Å². The molecule has 1 saturated heterocycles. The number of aromatic nitrogens is 4. The number of nitrogens with zero attached hydrogens (tertiary/aromatic N) is 5. The van der Waals surface area contributed by atoms with Gasteiger partial charge in [-0.1, -0.05) is 30.0 Å².